The molecule has 8 heteroatoms. The van der Waals surface area contributed by atoms with Crippen LogP contribution in [0.2, 0.25) is 0 Å². The van der Waals surface area contributed by atoms with Crippen molar-refractivity contribution >= 4 is 26.6 Å². The molecule has 1 atom stereocenters. The molecule has 7 nitrogen and oxygen atoms in total. The number of carbonyl (C=O) groups is 3. The van der Waals surface area contributed by atoms with Crippen LogP contribution in [0.5, 0.6) is 0 Å². The van der Waals surface area contributed by atoms with Crippen LogP contribution < -0.4 is 0 Å². The van der Waals surface area contributed by atoms with Crippen LogP contribution in [0.15, 0.2) is 36.0 Å². The van der Waals surface area contributed by atoms with Gasteiger partial charge >= 0.3 is 6.09 Å². The van der Waals surface area contributed by atoms with Gasteiger partial charge in [-0.25, -0.2) is 4.79 Å². The van der Waals surface area contributed by atoms with Gasteiger partial charge in [0.2, 0.25) is 0 Å². The van der Waals surface area contributed by atoms with E-state index in [9.17, 15) is 14.4 Å². The Hall–Kier alpha value is -1.98. The van der Waals surface area contributed by atoms with Crippen molar-refractivity contribution in [1.29, 1.82) is 0 Å². The first-order valence-electron chi connectivity index (χ1n) is 9.16. The predicted octanol–water partition coefficient (Wildman–Crippen LogP) is 3.11. The number of hydrogen-bond acceptors (Lipinski definition) is 5. The summed E-state index contributed by atoms with van der Waals surface area (Å²) in [6, 6.07) is 0. The standard InChI is InChI=1S/C19H30N3O4P/c1-5-8-10-16(9-6-2)15-20(7-3)13-14-21(27-4)19(25)26-22-17(23)11-12-18(22)24/h5-6,8-10,27H,7,11-15H2,1-4H3/b8-5-,9-6-,16-10+. The van der Waals surface area contributed by atoms with Gasteiger partial charge in [-0.15, -0.1) is 5.06 Å². The number of carbonyl (C=O) groups excluding carboxylic acids is 3. The number of amides is 3. The van der Waals surface area contributed by atoms with Crippen molar-refractivity contribution in [3.8, 4) is 0 Å². The van der Waals surface area contributed by atoms with Crippen LogP contribution >= 0.6 is 8.73 Å². The Labute approximate surface area is 163 Å². The molecule has 1 fully saturated rings. The van der Waals surface area contributed by atoms with E-state index in [0.29, 0.717) is 18.2 Å². The fraction of sp³-hybridized carbons (Fsp3) is 0.526. The van der Waals surface area contributed by atoms with Gasteiger partial charge in [0.25, 0.3) is 11.8 Å². The number of hydrogen-bond donors (Lipinski definition) is 0. The number of allylic oxidation sites excluding steroid dienone is 4. The van der Waals surface area contributed by atoms with Crippen molar-refractivity contribution in [2.24, 2.45) is 0 Å². The summed E-state index contributed by atoms with van der Waals surface area (Å²) in [5.41, 5.74) is 1.18. The minimum atomic E-state index is -0.659. The van der Waals surface area contributed by atoms with Crippen LogP contribution in [0.1, 0.15) is 33.6 Å². The SMILES string of the molecule is C\C=C/C=C(\C=C/C)CN(CC)CCN(PC)C(=O)ON1C(=O)CCC1=O. The highest BCUT2D eigenvalue weighted by molar-refractivity contribution is 7.35. The quantitative estimate of drug-likeness (QED) is 0.323. The first-order valence-corrected chi connectivity index (χ1v) is 10.6. The van der Waals surface area contributed by atoms with Crippen LogP contribution in [0, 0.1) is 0 Å². The maximum Gasteiger partial charge on any atom is 0.437 e. The summed E-state index contributed by atoms with van der Waals surface area (Å²) in [4.78, 5) is 42.7. The van der Waals surface area contributed by atoms with Crippen LogP contribution in [0.3, 0.4) is 0 Å². The van der Waals surface area contributed by atoms with E-state index < -0.39 is 17.9 Å². The Balaban J connectivity index is 2.63. The van der Waals surface area contributed by atoms with Gasteiger partial charge in [0.1, 0.15) is 0 Å². The molecule has 0 saturated carbocycles. The van der Waals surface area contributed by atoms with E-state index in [1.807, 2.05) is 38.7 Å². The van der Waals surface area contributed by atoms with E-state index in [0.717, 1.165) is 13.1 Å². The topological polar surface area (TPSA) is 70.2 Å². The molecule has 0 aromatic heterocycles. The summed E-state index contributed by atoms with van der Waals surface area (Å²) >= 11 is 0. The number of likely N-dealkylation sites (N-methyl/N-ethyl adjacent to an activating group) is 1. The molecule has 0 radical (unpaired) electrons. The van der Waals surface area contributed by atoms with Gasteiger partial charge in [0.15, 0.2) is 0 Å². The molecule has 0 bridgehead atoms. The van der Waals surface area contributed by atoms with E-state index in [2.05, 4.69) is 24.0 Å². The lowest BCUT2D eigenvalue weighted by atomic mass is 10.2. The molecule has 0 N–H and O–H groups in total. The Bertz CT molecular complexity index is 600. The van der Waals surface area contributed by atoms with Gasteiger partial charge in [-0.3, -0.25) is 19.2 Å². The van der Waals surface area contributed by atoms with Crippen molar-refractivity contribution in [2.75, 3.05) is 32.8 Å². The lowest BCUT2D eigenvalue weighted by molar-refractivity contribution is -0.172. The second-order valence-electron chi connectivity index (χ2n) is 5.95. The van der Waals surface area contributed by atoms with Crippen molar-refractivity contribution in [3.05, 3.63) is 36.0 Å². The highest BCUT2D eigenvalue weighted by Crippen LogP contribution is 2.18. The fourth-order valence-electron chi connectivity index (χ4n) is 2.52. The van der Waals surface area contributed by atoms with Gasteiger partial charge in [-0.05, 0) is 41.4 Å². The summed E-state index contributed by atoms with van der Waals surface area (Å²) in [5.74, 6) is -0.930. The third-order valence-electron chi connectivity index (χ3n) is 4.04. The van der Waals surface area contributed by atoms with Crippen LogP contribution in [0.4, 0.5) is 4.79 Å². The average Bonchev–Trinajstić information content (AvgIpc) is 2.97. The van der Waals surface area contributed by atoms with Crippen LogP contribution in [0.25, 0.3) is 0 Å². The molecule has 0 aromatic carbocycles. The zero-order valence-corrected chi connectivity index (χ0v) is 17.6. The Morgan fingerprint density at radius 3 is 2.37 bits per heavy atom. The fourth-order valence-corrected chi connectivity index (χ4v) is 3.07. The molecule has 3 amide bonds. The smallest absolute Gasteiger partial charge is 0.310 e. The van der Waals surface area contributed by atoms with Gasteiger partial charge in [-0.2, -0.15) is 0 Å². The molecule has 0 spiro atoms. The maximum absolute atomic E-state index is 12.3. The van der Waals surface area contributed by atoms with Crippen LogP contribution in [-0.4, -0.2) is 65.4 Å². The third kappa shape index (κ3) is 7.65. The van der Waals surface area contributed by atoms with Gasteiger partial charge in [0, 0.05) is 32.5 Å². The summed E-state index contributed by atoms with van der Waals surface area (Å²) in [7, 11) is 0.177. The van der Waals surface area contributed by atoms with E-state index >= 15 is 0 Å². The largest absolute Gasteiger partial charge is 0.437 e. The van der Waals surface area contributed by atoms with Crippen LogP contribution in [-0.2, 0) is 14.4 Å². The minimum absolute atomic E-state index is 0.0937. The molecule has 1 saturated heterocycles. The summed E-state index contributed by atoms with van der Waals surface area (Å²) in [6.07, 6.45) is 9.66. The second-order valence-corrected chi connectivity index (χ2v) is 6.94. The molecule has 0 aromatic rings. The maximum atomic E-state index is 12.3. The molecular weight excluding hydrogens is 365 g/mol. The van der Waals surface area contributed by atoms with E-state index in [1.54, 1.807) is 0 Å². The van der Waals surface area contributed by atoms with E-state index in [4.69, 9.17) is 4.84 Å². The van der Waals surface area contributed by atoms with Crippen molar-refractivity contribution in [3.63, 3.8) is 0 Å². The number of rotatable bonds is 10. The monoisotopic (exact) mass is 395 g/mol. The molecule has 0 aliphatic carbocycles. The van der Waals surface area contributed by atoms with E-state index in [-0.39, 0.29) is 21.6 Å². The Kier molecular flexibility index (Phi) is 10.6. The highest BCUT2D eigenvalue weighted by Gasteiger charge is 2.34. The highest BCUT2D eigenvalue weighted by atomic mass is 31.1. The Morgan fingerprint density at radius 2 is 1.85 bits per heavy atom. The van der Waals surface area contributed by atoms with Crippen molar-refractivity contribution < 1.29 is 19.2 Å². The lowest BCUT2D eigenvalue weighted by Gasteiger charge is -2.26. The molecule has 150 valence electrons. The number of imide groups is 1. The van der Waals surface area contributed by atoms with Gasteiger partial charge in [0.05, 0.1) is 0 Å². The summed E-state index contributed by atoms with van der Waals surface area (Å²) in [5, 5.41) is 0.594. The molecule has 1 heterocycles. The summed E-state index contributed by atoms with van der Waals surface area (Å²) < 4.78 is 1.52. The van der Waals surface area contributed by atoms with Gasteiger partial charge in [-0.1, -0.05) is 37.3 Å². The molecule has 1 unspecified atom stereocenters. The number of nitrogens with zero attached hydrogens (tertiary/aromatic N) is 3. The zero-order chi connectivity index (χ0) is 20.2. The van der Waals surface area contributed by atoms with Gasteiger partial charge < -0.3 is 4.84 Å². The van der Waals surface area contributed by atoms with E-state index in [1.165, 1.54) is 10.2 Å². The predicted molar refractivity (Wildman–Crippen MR) is 108 cm³/mol. The first kappa shape index (κ1) is 23.1. The zero-order valence-electron chi connectivity index (χ0n) is 16.6. The number of hydroxylamine groups is 2. The normalized spacial score (nSPS) is 16.0. The molecule has 1 aliphatic heterocycles. The molecule has 1 aliphatic rings. The van der Waals surface area contributed by atoms with Crippen molar-refractivity contribution in [2.45, 2.75) is 33.6 Å². The third-order valence-corrected chi connectivity index (χ3v) is 4.99. The lowest BCUT2D eigenvalue weighted by Crippen LogP contribution is -2.39. The molecule has 27 heavy (non-hydrogen) atoms. The first-order chi connectivity index (χ1) is 13.0. The average molecular weight is 395 g/mol. The molecule has 1 rings (SSSR count). The summed E-state index contributed by atoms with van der Waals surface area (Å²) in [6.45, 7) is 10.6. The Morgan fingerprint density at radius 1 is 1.19 bits per heavy atom. The minimum Gasteiger partial charge on any atom is -0.310 e. The molecular formula is C19H30N3O4P. The van der Waals surface area contributed by atoms with Crippen molar-refractivity contribution in [1.82, 2.24) is 14.6 Å². The second kappa shape index (κ2) is 12.4.